The van der Waals surface area contributed by atoms with E-state index in [1.807, 2.05) is 25.1 Å². The van der Waals surface area contributed by atoms with Crippen LogP contribution in [0.25, 0.3) is 0 Å². The third-order valence-corrected chi connectivity index (χ3v) is 3.48. The smallest absolute Gasteiger partial charge is 0.161 e. The molecule has 1 saturated heterocycles. The third-order valence-electron chi connectivity index (χ3n) is 3.48. The van der Waals surface area contributed by atoms with Gasteiger partial charge in [0, 0.05) is 19.1 Å². The fourth-order valence-corrected chi connectivity index (χ4v) is 2.24. The van der Waals surface area contributed by atoms with E-state index < -0.39 is 0 Å². The predicted molar refractivity (Wildman–Crippen MR) is 78.3 cm³/mol. The van der Waals surface area contributed by atoms with E-state index in [4.69, 9.17) is 19.9 Å². The monoisotopic (exact) mass is 280 g/mol. The number of benzene rings is 1. The van der Waals surface area contributed by atoms with Gasteiger partial charge in [-0.25, -0.2) is 0 Å². The zero-order valence-electron chi connectivity index (χ0n) is 12.5. The number of hydrogen-bond acceptors (Lipinski definition) is 5. The van der Waals surface area contributed by atoms with Crippen LogP contribution in [0.5, 0.6) is 11.5 Å². The minimum Gasteiger partial charge on any atom is -0.493 e. The molecule has 0 aromatic heterocycles. The van der Waals surface area contributed by atoms with Crippen molar-refractivity contribution in [2.75, 3.05) is 40.5 Å². The summed E-state index contributed by atoms with van der Waals surface area (Å²) in [6.45, 7) is 5.09. The molecule has 1 aromatic carbocycles. The zero-order chi connectivity index (χ0) is 14.5. The Morgan fingerprint density at radius 3 is 2.90 bits per heavy atom. The van der Waals surface area contributed by atoms with Crippen LogP contribution >= 0.6 is 0 Å². The summed E-state index contributed by atoms with van der Waals surface area (Å²) in [4.78, 5) is 2.24. The molecule has 2 unspecified atom stereocenters. The Kier molecular flexibility index (Phi) is 5.23. The highest BCUT2D eigenvalue weighted by Gasteiger charge is 2.19. The van der Waals surface area contributed by atoms with Gasteiger partial charge < -0.3 is 24.8 Å². The van der Waals surface area contributed by atoms with Crippen molar-refractivity contribution in [1.29, 1.82) is 0 Å². The summed E-state index contributed by atoms with van der Waals surface area (Å²) in [5, 5.41) is 0. The second-order valence-corrected chi connectivity index (χ2v) is 5.27. The topological polar surface area (TPSA) is 57.0 Å². The first-order chi connectivity index (χ1) is 9.60. The van der Waals surface area contributed by atoms with Gasteiger partial charge in [0.25, 0.3) is 0 Å². The second-order valence-electron chi connectivity index (χ2n) is 5.27. The lowest BCUT2D eigenvalue weighted by Crippen LogP contribution is -2.42. The molecule has 1 aromatic rings. The van der Waals surface area contributed by atoms with Gasteiger partial charge in [-0.1, -0.05) is 6.07 Å². The Balaban J connectivity index is 1.98. The highest BCUT2D eigenvalue weighted by molar-refractivity contribution is 5.43. The molecule has 1 fully saturated rings. The lowest BCUT2D eigenvalue weighted by Gasteiger charge is -2.30. The van der Waals surface area contributed by atoms with Crippen molar-refractivity contribution in [2.24, 2.45) is 5.73 Å². The zero-order valence-corrected chi connectivity index (χ0v) is 12.5. The van der Waals surface area contributed by atoms with Gasteiger partial charge in [-0.2, -0.15) is 0 Å². The van der Waals surface area contributed by atoms with Crippen LogP contribution < -0.4 is 15.2 Å². The number of rotatable bonds is 5. The largest absolute Gasteiger partial charge is 0.493 e. The molecule has 20 heavy (non-hydrogen) atoms. The van der Waals surface area contributed by atoms with E-state index in [2.05, 4.69) is 11.9 Å². The van der Waals surface area contributed by atoms with Gasteiger partial charge >= 0.3 is 0 Å². The first-order valence-corrected chi connectivity index (χ1v) is 6.96. The van der Waals surface area contributed by atoms with Crippen LogP contribution in [0.3, 0.4) is 0 Å². The molecule has 1 heterocycles. The maximum absolute atomic E-state index is 5.87. The molecule has 5 heteroatoms. The standard InChI is InChI=1S/C15H24N2O3/c1-11(16)12-4-5-14(15(8-12)18-3)20-10-13-9-17(2)6-7-19-13/h4-5,8,11,13H,6-7,9-10,16H2,1-3H3. The molecular weight excluding hydrogens is 256 g/mol. The lowest BCUT2D eigenvalue weighted by molar-refractivity contribution is -0.0406. The van der Waals surface area contributed by atoms with E-state index in [0.717, 1.165) is 31.0 Å². The molecule has 5 nitrogen and oxygen atoms in total. The van der Waals surface area contributed by atoms with Gasteiger partial charge in [-0.15, -0.1) is 0 Å². The molecule has 2 atom stereocenters. The van der Waals surface area contributed by atoms with Crippen molar-refractivity contribution in [3.8, 4) is 11.5 Å². The van der Waals surface area contributed by atoms with E-state index in [1.54, 1.807) is 7.11 Å². The van der Waals surface area contributed by atoms with Crippen LogP contribution in [-0.4, -0.2) is 51.5 Å². The number of nitrogens with zero attached hydrogens (tertiary/aromatic N) is 1. The quantitative estimate of drug-likeness (QED) is 0.884. The van der Waals surface area contributed by atoms with Gasteiger partial charge in [0.15, 0.2) is 11.5 Å². The fraction of sp³-hybridized carbons (Fsp3) is 0.600. The van der Waals surface area contributed by atoms with Crippen LogP contribution in [0.2, 0.25) is 0 Å². The van der Waals surface area contributed by atoms with Gasteiger partial charge in [-0.3, -0.25) is 0 Å². The van der Waals surface area contributed by atoms with Crippen molar-refractivity contribution < 1.29 is 14.2 Å². The van der Waals surface area contributed by atoms with Crippen LogP contribution in [0.1, 0.15) is 18.5 Å². The van der Waals surface area contributed by atoms with Gasteiger partial charge in [0.05, 0.1) is 13.7 Å². The Bertz CT molecular complexity index is 437. The number of likely N-dealkylation sites (N-methyl/N-ethyl adjacent to an activating group) is 1. The van der Waals surface area contributed by atoms with E-state index in [-0.39, 0.29) is 12.1 Å². The van der Waals surface area contributed by atoms with Gasteiger partial charge in [-0.05, 0) is 31.7 Å². The SMILES string of the molecule is COc1cc(C(C)N)ccc1OCC1CN(C)CCO1. The lowest BCUT2D eigenvalue weighted by atomic mass is 10.1. The Hall–Kier alpha value is -1.30. The summed E-state index contributed by atoms with van der Waals surface area (Å²) in [5.74, 6) is 1.44. The van der Waals surface area contributed by atoms with Crippen LogP contribution in [-0.2, 0) is 4.74 Å². The molecule has 0 saturated carbocycles. The molecule has 0 aliphatic carbocycles. The number of nitrogens with two attached hydrogens (primary N) is 1. The average molecular weight is 280 g/mol. The molecule has 0 radical (unpaired) electrons. The van der Waals surface area contributed by atoms with Crippen LogP contribution in [0, 0.1) is 0 Å². The van der Waals surface area contributed by atoms with E-state index >= 15 is 0 Å². The van der Waals surface area contributed by atoms with Crippen LogP contribution in [0.15, 0.2) is 18.2 Å². The molecule has 1 aliphatic rings. The summed E-state index contributed by atoms with van der Waals surface area (Å²) in [5.41, 5.74) is 6.90. The first kappa shape index (κ1) is 15.1. The summed E-state index contributed by atoms with van der Waals surface area (Å²) in [6.07, 6.45) is 0.103. The van der Waals surface area contributed by atoms with Gasteiger partial charge in [0.1, 0.15) is 12.7 Å². The minimum atomic E-state index is -0.0201. The number of methoxy groups -OCH3 is 1. The van der Waals surface area contributed by atoms with Gasteiger partial charge in [0.2, 0.25) is 0 Å². The average Bonchev–Trinajstić information content (AvgIpc) is 2.45. The molecular formula is C15H24N2O3. The molecule has 2 N–H and O–H groups in total. The highest BCUT2D eigenvalue weighted by Crippen LogP contribution is 2.30. The normalized spacial score (nSPS) is 21.5. The first-order valence-electron chi connectivity index (χ1n) is 6.96. The Morgan fingerprint density at radius 1 is 1.45 bits per heavy atom. The molecule has 0 amide bonds. The van der Waals surface area contributed by atoms with E-state index in [1.165, 1.54) is 0 Å². The van der Waals surface area contributed by atoms with Crippen molar-refractivity contribution in [3.63, 3.8) is 0 Å². The van der Waals surface area contributed by atoms with Crippen molar-refractivity contribution in [1.82, 2.24) is 4.90 Å². The summed E-state index contributed by atoms with van der Waals surface area (Å²) >= 11 is 0. The summed E-state index contributed by atoms with van der Waals surface area (Å²) < 4.78 is 16.9. The maximum Gasteiger partial charge on any atom is 0.161 e. The van der Waals surface area contributed by atoms with E-state index in [0.29, 0.717) is 12.4 Å². The Morgan fingerprint density at radius 2 is 2.25 bits per heavy atom. The van der Waals surface area contributed by atoms with Crippen LogP contribution in [0.4, 0.5) is 0 Å². The number of ether oxygens (including phenoxy) is 3. The molecule has 0 bridgehead atoms. The molecule has 2 rings (SSSR count). The summed E-state index contributed by atoms with van der Waals surface area (Å²) in [7, 11) is 3.73. The second kappa shape index (κ2) is 6.92. The third kappa shape index (κ3) is 3.85. The molecule has 112 valence electrons. The molecule has 0 spiro atoms. The van der Waals surface area contributed by atoms with Crippen molar-refractivity contribution in [2.45, 2.75) is 19.1 Å². The number of hydrogen-bond donors (Lipinski definition) is 1. The van der Waals surface area contributed by atoms with Crippen molar-refractivity contribution >= 4 is 0 Å². The minimum absolute atomic E-state index is 0.0201. The predicted octanol–water partition coefficient (Wildman–Crippen LogP) is 1.42. The highest BCUT2D eigenvalue weighted by atomic mass is 16.5. The maximum atomic E-state index is 5.87. The van der Waals surface area contributed by atoms with Crippen molar-refractivity contribution in [3.05, 3.63) is 23.8 Å². The molecule has 1 aliphatic heterocycles. The number of morpholine rings is 1. The fourth-order valence-electron chi connectivity index (χ4n) is 2.24. The Labute approximate surface area is 120 Å². The summed E-state index contributed by atoms with van der Waals surface area (Å²) in [6, 6.07) is 5.78. The van der Waals surface area contributed by atoms with E-state index in [9.17, 15) is 0 Å².